The average Bonchev–Trinajstić information content (AvgIpc) is 3.26. The fourth-order valence-electron chi connectivity index (χ4n) is 3.49. The fraction of sp³-hybridized carbons (Fsp3) is 0.500. The SMILES string of the molecule is Cn1cnnc1C1CCCN(c2ncnc3c2cnn3CCC#N)C1. The zero-order valence-electron chi connectivity index (χ0n) is 14.1. The van der Waals surface area contributed by atoms with Crippen LogP contribution in [0.2, 0.25) is 0 Å². The Morgan fingerprint density at radius 3 is 3.08 bits per heavy atom. The summed E-state index contributed by atoms with van der Waals surface area (Å²) in [7, 11) is 1.98. The van der Waals surface area contributed by atoms with Gasteiger partial charge in [-0.25, -0.2) is 14.6 Å². The zero-order chi connectivity index (χ0) is 17.2. The number of aryl methyl sites for hydroxylation is 2. The zero-order valence-corrected chi connectivity index (χ0v) is 14.1. The predicted octanol–water partition coefficient (Wildman–Crippen LogP) is 1.25. The van der Waals surface area contributed by atoms with Gasteiger partial charge in [0.15, 0.2) is 5.65 Å². The van der Waals surface area contributed by atoms with Gasteiger partial charge in [0.25, 0.3) is 0 Å². The molecular formula is C16H19N9. The number of aromatic nitrogens is 7. The van der Waals surface area contributed by atoms with Crippen LogP contribution in [-0.4, -0.2) is 47.6 Å². The number of hydrogen-bond donors (Lipinski definition) is 0. The summed E-state index contributed by atoms with van der Waals surface area (Å²) in [5.41, 5.74) is 0.779. The van der Waals surface area contributed by atoms with Crippen LogP contribution in [0.4, 0.5) is 5.82 Å². The van der Waals surface area contributed by atoms with E-state index in [0.29, 0.717) is 18.9 Å². The van der Waals surface area contributed by atoms with E-state index in [0.717, 1.165) is 48.6 Å². The smallest absolute Gasteiger partial charge is 0.163 e. The molecule has 4 heterocycles. The summed E-state index contributed by atoms with van der Waals surface area (Å²) in [6.07, 6.45) is 7.71. The first-order valence-corrected chi connectivity index (χ1v) is 8.40. The van der Waals surface area contributed by atoms with Crippen LogP contribution in [0.1, 0.15) is 31.0 Å². The molecule has 1 unspecified atom stereocenters. The van der Waals surface area contributed by atoms with Gasteiger partial charge in [-0.3, -0.25) is 0 Å². The van der Waals surface area contributed by atoms with Crippen molar-refractivity contribution in [1.29, 1.82) is 5.26 Å². The molecule has 0 saturated carbocycles. The normalized spacial score (nSPS) is 17.8. The van der Waals surface area contributed by atoms with Gasteiger partial charge >= 0.3 is 0 Å². The molecule has 3 aromatic rings. The Labute approximate surface area is 144 Å². The maximum atomic E-state index is 8.79. The van der Waals surface area contributed by atoms with Gasteiger partial charge in [-0.05, 0) is 12.8 Å². The van der Waals surface area contributed by atoms with Crippen molar-refractivity contribution >= 4 is 16.9 Å². The highest BCUT2D eigenvalue weighted by Crippen LogP contribution is 2.30. The molecule has 3 aromatic heterocycles. The van der Waals surface area contributed by atoms with Crippen molar-refractivity contribution in [3.8, 4) is 6.07 Å². The standard InChI is InChI=1S/C16H19N9/c1-23-11-20-22-14(23)12-4-2-6-24(9-12)15-13-8-21-25(7-3-5-17)16(13)19-10-18-15/h8,10-12H,2-4,6-7,9H2,1H3. The Kier molecular flexibility index (Phi) is 4.01. The van der Waals surface area contributed by atoms with Crippen molar-refractivity contribution in [2.75, 3.05) is 18.0 Å². The summed E-state index contributed by atoms with van der Waals surface area (Å²) in [5.74, 6) is 2.25. The second-order valence-electron chi connectivity index (χ2n) is 6.30. The van der Waals surface area contributed by atoms with E-state index < -0.39 is 0 Å². The second-order valence-corrected chi connectivity index (χ2v) is 6.30. The molecule has 0 radical (unpaired) electrons. The van der Waals surface area contributed by atoms with Crippen LogP contribution >= 0.6 is 0 Å². The minimum atomic E-state index is 0.333. The van der Waals surface area contributed by atoms with E-state index in [1.54, 1.807) is 23.5 Å². The van der Waals surface area contributed by atoms with Crippen LogP contribution in [0.15, 0.2) is 18.9 Å². The van der Waals surface area contributed by atoms with Crippen LogP contribution in [-0.2, 0) is 13.6 Å². The molecule has 0 amide bonds. The third kappa shape index (κ3) is 2.80. The van der Waals surface area contributed by atoms with E-state index in [4.69, 9.17) is 5.26 Å². The number of nitrogens with zero attached hydrogens (tertiary/aromatic N) is 9. The fourth-order valence-corrected chi connectivity index (χ4v) is 3.49. The van der Waals surface area contributed by atoms with Gasteiger partial charge in [-0.15, -0.1) is 10.2 Å². The van der Waals surface area contributed by atoms with Gasteiger partial charge in [0.1, 0.15) is 24.3 Å². The number of rotatable bonds is 4. The topological polar surface area (TPSA) is 101 Å². The maximum absolute atomic E-state index is 8.79. The number of anilines is 1. The summed E-state index contributed by atoms with van der Waals surface area (Å²) in [5, 5.41) is 22.4. The number of piperidine rings is 1. The third-order valence-corrected chi connectivity index (χ3v) is 4.68. The van der Waals surface area contributed by atoms with Crippen molar-refractivity contribution in [3.63, 3.8) is 0 Å². The van der Waals surface area contributed by atoms with Gasteiger partial charge in [0, 0.05) is 26.1 Å². The van der Waals surface area contributed by atoms with Crippen molar-refractivity contribution in [3.05, 3.63) is 24.7 Å². The van der Waals surface area contributed by atoms with Gasteiger partial charge in [-0.1, -0.05) is 0 Å². The van der Waals surface area contributed by atoms with Crippen LogP contribution < -0.4 is 4.90 Å². The lowest BCUT2D eigenvalue weighted by Gasteiger charge is -2.33. The lowest BCUT2D eigenvalue weighted by molar-refractivity contribution is 0.478. The van der Waals surface area contributed by atoms with E-state index in [9.17, 15) is 0 Å². The van der Waals surface area contributed by atoms with Crippen molar-refractivity contribution in [2.24, 2.45) is 7.05 Å². The van der Waals surface area contributed by atoms with Gasteiger partial charge in [-0.2, -0.15) is 10.4 Å². The van der Waals surface area contributed by atoms with E-state index in [2.05, 4.69) is 36.2 Å². The van der Waals surface area contributed by atoms with E-state index in [-0.39, 0.29) is 0 Å². The Balaban J connectivity index is 1.64. The van der Waals surface area contributed by atoms with Crippen molar-refractivity contribution in [1.82, 2.24) is 34.5 Å². The Morgan fingerprint density at radius 2 is 2.28 bits per heavy atom. The molecule has 0 bridgehead atoms. The van der Waals surface area contributed by atoms with E-state index >= 15 is 0 Å². The van der Waals surface area contributed by atoms with E-state index in [1.807, 2.05) is 11.6 Å². The molecule has 128 valence electrons. The minimum Gasteiger partial charge on any atom is -0.355 e. The second kappa shape index (κ2) is 6.47. The number of hydrogen-bond acceptors (Lipinski definition) is 7. The first-order valence-electron chi connectivity index (χ1n) is 8.40. The van der Waals surface area contributed by atoms with E-state index in [1.165, 1.54) is 0 Å². The molecule has 25 heavy (non-hydrogen) atoms. The first kappa shape index (κ1) is 15.5. The summed E-state index contributed by atoms with van der Waals surface area (Å²) in [6, 6.07) is 2.15. The van der Waals surface area contributed by atoms with Crippen LogP contribution in [0, 0.1) is 11.3 Å². The summed E-state index contributed by atoms with van der Waals surface area (Å²) >= 11 is 0. The van der Waals surface area contributed by atoms with Crippen LogP contribution in [0.3, 0.4) is 0 Å². The number of fused-ring (bicyclic) bond motifs is 1. The monoisotopic (exact) mass is 337 g/mol. The molecule has 0 aliphatic carbocycles. The summed E-state index contributed by atoms with van der Waals surface area (Å²) in [4.78, 5) is 11.2. The molecule has 1 saturated heterocycles. The average molecular weight is 337 g/mol. The third-order valence-electron chi connectivity index (χ3n) is 4.68. The summed E-state index contributed by atoms with van der Waals surface area (Å²) < 4.78 is 3.76. The number of nitriles is 1. The molecule has 1 fully saturated rings. The van der Waals surface area contributed by atoms with Crippen molar-refractivity contribution < 1.29 is 0 Å². The first-order chi connectivity index (χ1) is 12.3. The van der Waals surface area contributed by atoms with Crippen LogP contribution in [0.25, 0.3) is 11.0 Å². The lowest BCUT2D eigenvalue weighted by atomic mass is 9.97. The highest BCUT2D eigenvalue weighted by atomic mass is 15.3. The maximum Gasteiger partial charge on any atom is 0.163 e. The van der Waals surface area contributed by atoms with Gasteiger partial charge in [0.2, 0.25) is 0 Å². The quantitative estimate of drug-likeness (QED) is 0.706. The highest BCUT2D eigenvalue weighted by Gasteiger charge is 2.27. The molecule has 1 aliphatic rings. The molecular weight excluding hydrogens is 318 g/mol. The molecule has 1 atom stereocenters. The van der Waals surface area contributed by atoms with Crippen LogP contribution in [0.5, 0.6) is 0 Å². The molecule has 0 aromatic carbocycles. The predicted molar refractivity (Wildman–Crippen MR) is 90.7 cm³/mol. The van der Waals surface area contributed by atoms with Crippen molar-refractivity contribution in [2.45, 2.75) is 31.7 Å². The molecule has 0 spiro atoms. The highest BCUT2D eigenvalue weighted by molar-refractivity contribution is 5.86. The molecule has 0 N–H and O–H groups in total. The minimum absolute atomic E-state index is 0.333. The molecule has 9 heteroatoms. The molecule has 4 rings (SSSR count). The molecule has 1 aliphatic heterocycles. The Morgan fingerprint density at radius 1 is 1.36 bits per heavy atom. The van der Waals surface area contributed by atoms with Gasteiger partial charge < -0.3 is 9.47 Å². The Bertz CT molecular complexity index is 919. The lowest BCUT2D eigenvalue weighted by Crippen LogP contribution is -2.36. The molecule has 9 nitrogen and oxygen atoms in total. The Hall–Kier alpha value is -3.02. The van der Waals surface area contributed by atoms with Gasteiger partial charge in [0.05, 0.1) is 30.6 Å². The largest absolute Gasteiger partial charge is 0.355 e. The summed E-state index contributed by atoms with van der Waals surface area (Å²) in [6.45, 7) is 2.34.